The van der Waals surface area contributed by atoms with E-state index in [4.69, 9.17) is 0 Å². The molecule has 2 N–H and O–H groups in total. The normalized spacial score (nSPS) is 11.7. The van der Waals surface area contributed by atoms with E-state index in [9.17, 15) is 15.0 Å². The van der Waals surface area contributed by atoms with Gasteiger partial charge in [-0.3, -0.25) is 0 Å². The van der Waals surface area contributed by atoms with Gasteiger partial charge in [-0.05, 0) is 60.9 Å². The summed E-state index contributed by atoms with van der Waals surface area (Å²) in [6.07, 6.45) is 4.14. The summed E-state index contributed by atoms with van der Waals surface area (Å²) in [5.74, 6) is -1.58. The molecule has 0 radical (unpaired) electrons. The number of carboxylic acids is 1. The van der Waals surface area contributed by atoms with Gasteiger partial charge in [-0.2, -0.15) is 0 Å². The van der Waals surface area contributed by atoms with Crippen LogP contribution in [-0.2, 0) is 6.42 Å². The predicted octanol–water partition coefficient (Wildman–Crippen LogP) is 7.45. The van der Waals surface area contributed by atoms with Crippen LogP contribution in [0, 0.1) is 6.92 Å². The molecule has 3 nitrogen and oxygen atoms in total. The van der Waals surface area contributed by atoms with E-state index >= 15 is 0 Å². The number of phenols is 1. The molecule has 0 saturated carbocycles. The first-order chi connectivity index (χ1) is 14.7. The number of benzene rings is 2. The minimum atomic E-state index is -1.10. The molecule has 0 saturated heterocycles. The lowest BCUT2D eigenvalue weighted by Gasteiger charge is -2.26. The Morgan fingerprint density at radius 3 is 2.29 bits per heavy atom. The van der Waals surface area contributed by atoms with Crippen molar-refractivity contribution in [3.8, 4) is 5.75 Å². The van der Waals surface area contributed by atoms with Gasteiger partial charge >= 0.3 is 5.97 Å². The van der Waals surface area contributed by atoms with Crippen molar-refractivity contribution >= 4 is 11.5 Å². The zero-order valence-electron chi connectivity index (χ0n) is 19.0. The molecule has 2 aromatic rings. The molecule has 0 aliphatic rings. The summed E-state index contributed by atoms with van der Waals surface area (Å²) in [5.41, 5.74) is 5.55. The summed E-state index contributed by atoms with van der Waals surface area (Å²) in [4.78, 5) is 12.1. The van der Waals surface area contributed by atoms with Crippen LogP contribution in [0.2, 0.25) is 0 Å². The van der Waals surface area contributed by atoms with E-state index in [-0.39, 0.29) is 17.2 Å². The van der Waals surface area contributed by atoms with Crippen LogP contribution in [0.15, 0.2) is 67.3 Å². The third-order valence-corrected chi connectivity index (χ3v) is 5.72. The van der Waals surface area contributed by atoms with Crippen molar-refractivity contribution in [2.45, 2.75) is 58.8 Å². The summed E-state index contributed by atoms with van der Waals surface area (Å²) in [5, 5.41) is 21.1. The number of carbonyl (C=O) groups is 1. The Hall–Kier alpha value is -3.07. The molecule has 164 valence electrons. The average molecular weight is 419 g/mol. The number of aromatic hydroxyl groups is 1. The van der Waals surface area contributed by atoms with Gasteiger partial charge in [0.1, 0.15) is 11.3 Å². The Kier molecular flexibility index (Phi) is 8.44. The van der Waals surface area contributed by atoms with E-state index in [0.29, 0.717) is 24.0 Å². The van der Waals surface area contributed by atoms with Crippen LogP contribution in [0.5, 0.6) is 5.75 Å². The highest BCUT2D eigenvalue weighted by molar-refractivity contribution is 5.94. The van der Waals surface area contributed by atoms with Crippen LogP contribution in [0.25, 0.3) is 5.57 Å². The van der Waals surface area contributed by atoms with Gasteiger partial charge in [0, 0.05) is 11.5 Å². The third-order valence-electron chi connectivity index (χ3n) is 5.72. The standard InChI is InChI=1S/C28H34O3/c1-7-8-10-15-23-17-19(4)25(27(29)26(23)28(30)31)24(16-18(2)3)21(6)20(5)22-13-11-9-12-14-22/h9,11-14,17,24,29H,2,5-8,10,15-16H2,1,3-4H3,(H,30,31). The first kappa shape index (κ1) is 24.2. The molecule has 0 amide bonds. The minimum absolute atomic E-state index is 0.00143. The molecule has 0 aliphatic heterocycles. The van der Waals surface area contributed by atoms with E-state index in [0.717, 1.165) is 47.1 Å². The number of allylic oxidation sites excluding steroid dienone is 3. The Labute approximate surface area is 186 Å². The summed E-state index contributed by atoms with van der Waals surface area (Å²) in [6, 6.07) is 11.7. The van der Waals surface area contributed by atoms with E-state index in [1.54, 1.807) is 0 Å². The Morgan fingerprint density at radius 1 is 1.10 bits per heavy atom. The first-order valence-corrected chi connectivity index (χ1v) is 10.8. The molecule has 0 fully saturated rings. The quantitative estimate of drug-likeness (QED) is 0.226. The van der Waals surface area contributed by atoms with Gasteiger partial charge < -0.3 is 10.2 Å². The molecule has 1 unspecified atom stereocenters. The molecule has 0 heterocycles. The summed E-state index contributed by atoms with van der Waals surface area (Å²) in [6.45, 7) is 18.5. The van der Waals surface area contributed by atoms with Crippen LogP contribution in [0.1, 0.15) is 78.1 Å². The number of aryl methyl sites for hydroxylation is 2. The molecule has 2 rings (SSSR count). The fourth-order valence-electron chi connectivity index (χ4n) is 4.11. The lowest BCUT2D eigenvalue weighted by atomic mass is 9.78. The highest BCUT2D eigenvalue weighted by Gasteiger charge is 2.28. The van der Waals surface area contributed by atoms with Crippen molar-refractivity contribution in [3.05, 3.63) is 95.1 Å². The van der Waals surface area contributed by atoms with Crippen LogP contribution < -0.4 is 0 Å². The predicted molar refractivity (Wildman–Crippen MR) is 130 cm³/mol. The second-order valence-corrected chi connectivity index (χ2v) is 8.34. The van der Waals surface area contributed by atoms with Gasteiger partial charge in [-0.25, -0.2) is 4.79 Å². The molecule has 1 atom stereocenters. The van der Waals surface area contributed by atoms with Crippen molar-refractivity contribution in [3.63, 3.8) is 0 Å². The largest absolute Gasteiger partial charge is 0.507 e. The van der Waals surface area contributed by atoms with Gasteiger partial charge in [-0.15, -0.1) is 6.58 Å². The summed E-state index contributed by atoms with van der Waals surface area (Å²) >= 11 is 0. The van der Waals surface area contributed by atoms with Crippen molar-refractivity contribution in [2.24, 2.45) is 0 Å². The molecular formula is C28H34O3. The number of hydrogen-bond donors (Lipinski definition) is 2. The van der Waals surface area contributed by atoms with E-state index in [1.165, 1.54) is 0 Å². The molecule has 2 aromatic carbocycles. The Bertz CT molecular complexity index is 983. The molecule has 3 heteroatoms. The highest BCUT2D eigenvalue weighted by Crippen LogP contribution is 2.44. The van der Waals surface area contributed by atoms with Crippen LogP contribution in [-0.4, -0.2) is 16.2 Å². The number of unbranched alkanes of at least 4 members (excludes halogenated alkanes) is 2. The number of hydrogen-bond acceptors (Lipinski definition) is 2. The smallest absolute Gasteiger partial charge is 0.339 e. The van der Waals surface area contributed by atoms with Gasteiger partial charge in [0.05, 0.1) is 0 Å². The summed E-state index contributed by atoms with van der Waals surface area (Å²) < 4.78 is 0. The maximum Gasteiger partial charge on any atom is 0.339 e. The highest BCUT2D eigenvalue weighted by atomic mass is 16.4. The fraction of sp³-hybridized carbons (Fsp3) is 0.321. The van der Waals surface area contributed by atoms with Crippen molar-refractivity contribution in [1.29, 1.82) is 0 Å². The zero-order valence-corrected chi connectivity index (χ0v) is 19.0. The average Bonchev–Trinajstić information content (AvgIpc) is 2.72. The zero-order chi connectivity index (χ0) is 23.1. The third kappa shape index (κ3) is 5.75. The first-order valence-electron chi connectivity index (χ1n) is 10.8. The van der Waals surface area contributed by atoms with Crippen molar-refractivity contribution in [1.82, 2.24) is 0 Å². The van der Waals surface area contributed by atoms with E-state index in [2.05, 4.69) is 26.7 Å². The molecule has 0 aromatic heterocycles. The fourth-order valence-corrected chi connectivity index (χ4v) is 4.11. The molecule has 0 aliphatic carbocycles. The number of carboxylic acid groups (broad SMARTS) is 1. The maximum absolute atomic E-state index is 12.1. The van der Waals surface area contributed by atoms with Crippen LogP contribution in [0.3, 0.4) is 0 Å². The minimum Gasteiger partial charge on any atom is -0.507 e. The Morgan fingerprint density at radius 2 is 1.74 bits per heavy atom. The van der Waals surface area contributed by atoms with Crippen molar-refractivity contribution < 1.29 is 15.0 Å². The molecule has 0 bridgehead atoms. The number of aromatic carboxylic acids is 1. The molecule has 0 spiro atoms. The van der Waals surface area contributed by atoms with Gasteiger partial charge in [0.25, 0.3) is 0 Å². The maximum atomic E-state index is 12.1. The summed E-state index contributed by atoms with van der Waals surface area (Å²) in [7, 11) is 0. The van der Waals surface area contributed by atoms with E-state index < -0.39 is 5.97 Å². The van der Waals surface area contributed by atoms with Gasteiger partial charge in [-0.1, -0.05) is 74.9 Å². The Balaban J connectivity index is 2.59. The second-order valence-electron chi connectivity index (χ2n) is 8.34. The molecular weight excluding hydrogens is 384 g/mol. The second kappa shape index (κ2) is 10.8. The monoisotopic (exact) mass is 418 g/mol. The SMILES string of the molecule is C=C(C)CC(C(=C)C(=C)c1ccccc1)c1c(C)cc(CCCCC)c(C(=O)O)c1O. The van der Waals surface area contributed by atoms with Crippen LogP contribution >= 0.6 is 0 Å². The van der Waals surface area contributed by atoms with E-state index in [1.807, 2.05) is 50.2 Å². The van der Waals surface area contributed by atoms with Gasteiger partial charge in [0.2, 0.25) is 0 Å². The number of rotatable bonds is 11. The lowest BCUT2D eigenvalue weighted by molar-refractivity contribution is 0.0692. The molecule has 31 heavy (non-hydrogen) atoms. The van der Waals surface area contributed by atoms with Crippen LogP contribution in [0.4, 0.5) is 0 Å². The van der Waals surface area contributed by atoms with Gasteiger partial charge in [0.15, 0.2) is 0 Å². The van der Waals surface area contributed by atoms with Crippen molar-refractivity contribution in [2.75, 3.05) is 0 Å². The lowest BCUT2D eigenvalue weighted by Crippen LogP contribution is -2.12. The topological polar surface area (TPSA) is 57.5 Å².